The van der Waals surface area contributed by atoms with Gasteiger partial charge in [-0.15, -0.1) is 11.3 Å². The van der Waals surface area contributed by atoms with E-state index in [9.17, 15) is 4.79 Å². The molecule has 0 saturated carbocycles. The summed E-state index contributed by atoms with van der Waals surface area (Å²) in [5.74, 6) is 0.435. The fourth-order valence-corrected chi connectivity index (χ4v) is 3.59. The molecule has 2 aromatic rings. The van der Waals surface area contributed by atoms with Crippen LogP contribution in [0.1, 0.15) is 36.6 Å². The van der Waals surface area contributed by atoms with Crippen LogP contribution in [-0.4, -0.2) is 24.0 Å². The van der Waals surface area contributed by atoms with E-state index in [4.69, 9.17) is 4.74 Å². The average molecular weight is 330 g/mol. The van der Waals surface area contributed by atoms with Crippen LogP contribution in [0.25, 0.3) is 0 Å². The second-order valence-electron chi connectivity index (χ2n) is 5.89. The van der Waals surface area contributed by atoms with Crippen LogP contribution in [0, 0.1) is 5.92 Å². The number of thiazole rings is 1. The van der Waals surface area contributed by atoms with Crippen molar-refractivity contribution in [3.8, 4) is 0 Å². The number of hydrogen-bond donors (Lipinski definition) is 1. The maximum Gasteiger partial charge on any atom is 0.220 e. The van der Waals surface area contributed by atoms with Crippen molar-refractivity contribution in [2.75, 3.05) is 13.2 Å². The summed E-state index contributed by atoms with van der Waals surface area (Å²) in [5, 5.41) is 5.06. The van der Waals surface area contributed by atoms with Crippen LogP contribution in [0.4, 0.5) is 0 Å². The molecule has 1 aromatic carbocycles. The van der Waals surface area contributed by atoms with Crippen LogP contribution in [0.2, 0.25) is 0 Å². The second-order valence-corrected chi connectivity index (χ2v) is 6.61. The third-order valence-corrected chi connectivity index (χ3v) is 4.86. The fraction of sp³-hybridized carbons (Fsp3) is 0.444. The molecule has 0 bridgehead atoms. The standard InChI is InChI=1S/C18H22N2O2S/c21-17(9-8-16-12-23-13-20-16)19-11-15-7-4-10-22-18(15)14-5-2-1-3-6-14/h1-3,5-6,12-13,15,18H,4,7-11H2,(H,19,21). The zero-order valence-corrected chi connectivity index (χ0v) is 13.9. The Hall–Kier alpha value is -1.72. The zero-order chi connectivity index (χ0) is 15.9. The number of amides is 1. The predicted molar refractivity (Wildman–Crippen MR) is 91.3 cm³/mol. The first-order valence-corrected chi connectivity index (χ1v) is 9.07. The first kappa shape index (κ1) is 16.1. The number of nitrogens with zero attached hydrogens (tertiary/aromatic N) is 1. The van der Waals surface area contributed by atoms with Crippen LogP contribution in [-0.2, 0) is 16.0 Å². The largest absolute Gasteiger partial charge is 0.373 e. The monoisotopic (exact) mass is 330 g/mol. The number of benzene rings is 1. The van der Waals surface area contributed by atoms with Crippen molar-refractivity contribution in [3.05, 3.63) is 52.5 Å². The lowest BCUT2D eigenvalue weighted by molar-refractivity contribution is -0.121. The maximum absolute atomic E-state index is 12.0. The number of carbonyl (C=O) groups excluding carboxylic acids is 1. The summed E-state index contributed by atoms with van der Waals surface area (Å²) in [5.41, 5.74) is 4.00. The summed E-state index contributed by atoms with van der Waals surface area (Å²) in [7, 11) is 0. The molecule has 3 rings (SSSR count). The van der Waals surface area contributed by atoms with Gasteiger partial charge >= 0.3 is 0 Å². The SMILES string of the molecule is O=C(CCc1cscn1)NCC1CCCOC1c1ccccc1. The minimum absolute atomic E-state index is 0.0868. The Morgan fingerprint density at radius 1 is 1.35 bits per heavy atom. The lowest BCUT2D eigenvalue weighted by Gasteiger charge is -2.32. The Balaban J connectivity index is 1.50. The van der Waals surface area contributed by atoms with Gasteiger partial charge in [0.25, 0.3) is 0 Å². The molecule has 1 aliphatic heterocycles. The smallest absolute Gasteiger partial charge is 0.220 e. The molecule has 1 N–H and O–H groups in total. The van der Waals surface area contributed by atoms with E-state index >= 15 is 0 Å². The number of hydrogen-bond acceptors (Lipinski definition) is 4. The minimum Gasteiger partial charge on any atom is -0.373 e. The van der Waals surface area contributed by atoms with Crippen molar-refractivity contribution in [1.82, 2.24) is 10.3 Å². The summed E-state index contributed by atoms with van der Waals surface area (Å²) in [6, 6.07) is 10.3. The Kier molecular flexibility index (Phi) is 5.77. The molecule has 4 nitrogen and oxygen atoms in total. The van der Waals surface area contributed by atoms with Gasteiger partial charge in [0.2, 0.25) is 5.91 Å². The first-order chi connectivity index (χ1) is 11.3. The van der Waals surface area contributed by atoms with Crippen molar-refractivity contribution in [1.29, 1.82) is 0 Å². The van der Waals surface area contributed by atoms with Gasteiger partial charge in [-0.1, -0.05) is 30.3 Å². The number of rotatable bonds is 6. The van der Waals surface area contributed by atoms with E-state index in [1.54, 1.807) is 16.8 Å². The summed E-state index contributed by atoms with van der Waals surface area (Å²) in [6.45, 7) is 1.48. The van der Waals surface area contributed by atoms with Gasteiger partial charge in [0.05, 0.1) is 17.3 Å². The van der Waals surface area contributed by atoms with E-state index in [0.717, 1.165) is 25.1 Å². The molecule has 0 radical (unpaired) electrons. The van der Waals surface area contributed by atoms with E-state index in [0.29, 0.717) is 25.3 Å². The van der Waals surface area contributed by atoms with Crippen molar-refractivity contribution >= 4 is 17.2 Å². The van der Waals surface area contributed by atoms with Gasteiger partial charge in [-0.25, -0.2) is 4.98 Å². The Morgan fingerprint density at radius 2 is 2.22 bits per heavy atom. The molecule has 1 fully saturated rings. The van der Waals surface area contributed by atoms with E-state index in [2.05, 4.69) is 22.4 Å². The van der Waals surface area contributed by atoms with Crippen molar-refractivity contribution in [2.24, 2.45) is 5.92 Å². The topological polar surface area (TPSA) is 51.2 Å². The van der Waals surface area contributed by atoms with Gasteiger partial charge in [-0.3, -0.25) is 4.79 Å². The van der Waals surface area contributed by atoms with Gasteiger partial charge in [0, 0.05) is 30.9 Å². The molecule has 1 aromatic heterocycles. The molecule has 2 heterocycles. The quantitative estimate of drug-likeness (QED) is 0.883. The van der Waals surface area contributed by atoms with E-state index in [1.165, 1.54) is 5.56 Å². The molecule has 1 saturated heterocycles. The predicted octanol–water partition coefficient (Wildman–Crippen LogP) is 3.36. The molecule has 122 valence electrons. The van der Waals surface area contributed by atoms with Gasteiger partial charge in [-0.05, 0) is 24.8 Å². The van der Waals surface area contributed by atoms with E-state index < -0.39 is 0 Å². The highest BCUT2D eigenvalue weighted by Crippen LogP contribution is 2.33. The number of carbonyl (C=O) groups is 1. The van der Waals surface area contributed by atoms with E-state index in [1.807, 2.05) is 23.6 Å². The van der Waals surface area contributed by atoms with Gasteiger partial charge in [0.1, 0.15) is 0 Å². The van der Waals surface area contributed by atoms with Crippen molar-refractivity contribution < 1.29 is 9.53 Å². The molecule has 0 spiro atoms. The molecule has 23 heavy (non-hydrogen) atoms. The Labute approximate surface area is 140 Å². The van der Waals surface area contributed by atoms with Gasteiger partial charge in [-0.2, -0.15) is 0 Å². The summed E-state index contributed by atoms with van der Waals surface area (Å²) in [4.78, 5) is 16.3. The van der Waals surface area contributed by atoms with Gasteiger partial charge < -0.3 is 10.1 Å². The number of aryl methyl sites for hydroxylation is 1. The molecule has 1 amide bonds. The number of aromatic nitrogens is 1. The average Bonchev–Trinajstić information content (AvgIpc) is 3.13. The van der Waals surface area contributed by atoms with Crippen molar-refractivity contribution in [2.45, 2.75) is 31.8 Å². The molecule has 2 unspecified atom stereocenters. The number of ether oxygens (including phenoxy) is 1. The zero-order valence-electron chi connectivity index (χ0n) is 13.1. The highest BCUT2D eigenvalue weighted by molar-refractivity contribution is 7.07. The first-order valence-electron chi connectivity index (χ1n) is 8.13. The molecule has 0 aliphatic carbocycles. The van der Waals surface area contributed by atoms with Crippen molar-refractivity contribution in [3.63, 3.8) is 0 Å². The fourth-order valence-electron chi connectivity index (χ4n) is 3.00. The normalized spacial score (nSPS) is 21.0. The highest BCUT2D eigenvalue weighted by Gasteiger charge is 2.27. The summed E-state index contributed by atoms with van der Waals surface area (Å²) in [6.07, 6.45) is 3.43. The molecule has 5 heteroatoms. The van der Waals surface area contributed by atoms with Crippen LogP contribution >= 0.6 is 11.3 Å². The molecular weight excluding hydrogens is 308 g/mol. The third kappa shape index (κ3) is 4.62. The maximum atomic E-state index is 12.0. The Bertz CT molecular complexity index is 601. The lowest BCUT2D eigenvalue weighted by atomic mass is 9.89. The van der Waals surface area contributed by atoms with Crippen LogP contribution in [0.15, 0.2) is 41.2 Å². The van der Waals surface area contributed by atoms with Crippen LogP contribution in [0.3, 0.4) is 0 Å². The van der Waals surface area contributed by atoms with Crippen LogP contribution < -0.4 is 5.32 Å². The summed E-state index contributed by atoms with van der Waals surface area (Å²) >= 11 is 1.57. The molecule has 2 atom stereocenters. The second kappa shape index (κ2) is 8.22. The van der Waals surface area contributed by atoms with Gasteiger partial charge in [0.15, 0.2) is 0 Å². The third-order valence-electron chi connectivity index (χ3n) is 4.23. The Morgan fingerprint density at radius 3 is 3.00 bits per heavy atom. The summed E-state index contributed by atoms with van der Waals surface area (Å²) < 4.78 is 5.97. The van der Waals surface area contributed by atoms with Crippen LogP contribution in [0.5, 0.6) is 0 Å². The van der Waals surface area contributed by atoms with E-state index in [-0.39, 0.29) is 12.0 Å². The highest BCUT2D eigenvalue weighted by atomic mass is 32.1. The molecular formula is C18H22N2O2S. The minimum atomic E-state index is 0.0868. The lowest BCUT2D eigenvalue weighted by Crippen LogP contribution is -2.35. The molecule has 1 aliphatic rings. The number of nitrogens with one attached hydrogen (secondary N) is 1.